The third kappa shape index (κ3) is 3.33. The molecule has 2 aromatic rings. The summed E-state index contributed by atoms with van der Waals surface area (Å²) < 4.78 is 40.3. The molecule has 0 fully saturated rings. The van der Waals surface area contributed by atoms with Crippen molar-refractivity contribution in [3.63, 3.8) is 0 Å². The molecule has 126 valence electrons. The minimum Gasteiger partial charge on any atom is -0.284 e. The molecular weight excluding hydrogens is 327 g/mol. The Morgan fingerprint density at radius 3 is 2.71 bits per heavy atom. The van der Waals surface area contributed by atoms with Crippen molar-refractivity contribution in [2.24, 2.45) is 4.99 Å². The van der Waals surface area contributed by atoms with Crippen molar-refractivity contribution in [2.75, 3.05) is 11.3 Å². The van der Waals surface area contributed by atoms with E-state index in [1.54, 1.807) is 38.1 Å². The van der Waals surface area contributed by atoms with E-state index in [4.69, 9.17) is 0 Å². The summed E-state index contributed by atoms with van der Waals surface area (Å²) in [5.41, 5.74) is 3.76. The Bertz CT molecular complexity index is 905. The minimum atomic E-state index is -3.42. The van der Waals surface area contributed by atoms with Gasteiger partial charge < -0.3 is 0 Å². The molecule has 1 N–H and O–H groups in total. The van der Waals surface area contributed by atoms with Crippen LogP contribution in [-0.4, -0.2) is 25.9 Å². The Kier molecular flexibility index (Phi) is 4.41. The molecule has 1 aliphatic heterocycles. The van der Waals surface area contributed by atoms with Crippen LogP contribution in [0.25, 0.3) is 0 Å². The van der Waals surface area contributed by atoms with E-state index in [-0.39, 0.29) is 5.82 Å². The molecule has 0 atom stereocenters. The first-order valence-corrected chi connectivity index (χ1v) is 9.37. The third-order valence-electron chi connectivity index (χ3n) is 3.99. The average molecular weight is 346 g/mol. The average Bonchev–Trinajstić information content (AvgIpc) is 2.54. The van der Waals surface area contributed by atoms with Crippen LogP contribution < -0.4 is 4.72 Å². The van der Waals surface area contributed by atoms with Crippen molar-refractivity contribution in [3.05, 3.63) is 65.0 Å². The van der Waals surface area contributed by atoms with Gasteiger partial charge in [0, 0.05) is 23.4 Å². The van der Waals surface area contributed by atoms with Crippen LogP contribution in [-0.2, 0) is 16.4 Å². The van der Waals surface area contributed by atoms with Crippen LogP contribution in [0.4, 0.5) is 10.1 Å². The Morgan fingerprint density at radius 1 is 1.17 bits per heavy atom. The number of benzene rings is 2. The molecule has 1 aliphatic rings. The second kappa shape index (κ2) is 6.36. The maximum atomic E-state index is 13.6. The molecule has 2 aromatic carbocycles. The van der Waals surface area contributed by atoms with Crippen molar-refractivity contribution in [3.8, 4) is 0 Å². The number of nitrogens with one attached hydrogen (secondary N) is 1. The molecule has 24 heavy (non-hydrogen) atoms. The predicted molar refractivity (Wildman–Crippen MR) is 94.7 cm³/mol. The third-order valence-corrected chi connectivity index (χ3v) is 5.76. The Morgan fingerprint density at radius 2 is 1.96 bits per heavy atom. The van der Waals surface area contributed by atoms with Gasteiger partial charge in [0.2, 0.25) is 10.0 Å². The zero-order chi connectivity index (χ0) is 17.3. The van der Waals surface area contributed by atoms with E-state index in [9.17, 15) is 12.8 Å². The summed E-state index contributed by atoms with van der Waals surface area (Å²) in [4.78, 5) is 4.53. The highest BCUT2D eigenvalue weighted by Crippen LogP contribution is 2.23. The summed E-state index contributed by atoms with van der Waals surface area (Å²) in [6.45, 7) is 3.88. The summed E-state index contributed by atoms with van der Waals surface area (Å²) in [7, 11) is -3.42. The zero-order valence-corrected chi connectivity index (χ0v) is 14.4. The molecule has 0 aromatic heterocycles. The van der Waals surface area contributed by atoms with Crippen molar-refractivity contribution in [1.82, 2.24) is 0 Å². The van der Waals surface area contributed by atoms with Gasteiger partial charge in [0.1, 0.15) is 5.82 Å². The van der Waals surface area contributed by atoms with Gasteiger partial charge in [-0.05, 0) is 50.1 Å². The number of sulfonamides is 1. The van der Waals surface area contributed by atoms with Gasteiger partial charge in [-0.25, -0.2) is 12.8 Å². The Labute approximate surface area is 141 Å². The molecule has 1 heterocycles. The SMILES string of the molecule is CC(C)S(=O)(=O)Nc1cccc(C2=NCCc3ccc(F)cc32)c1. The van der Waals surface area contributed by atoms with Crippen LogP contribution >= 0.6 is 0 Å². The van der Waals surface area contributed by atoms with Crippen molar-refractivity contribution in [2.45, 2.75) is 25.5 Å². The number of anilines is 1. The lowest BCUT2D eigenvalue weighted by atomic mass is 9.93. The van der Waals surface area contributed by atoms with E-state index in [2.05, 4.69) is 9.71 Å². The molecule has 0 saturated carbocycles. The molecular formula is C18H19FN2O2S. The zero-order valence-electron chi connectivity index (χ0n) is 13.6. The molecule has 0 spiro atoms. The van der Waals surface area contributed by atoms with Crippen LogP contribution in [0.3, 0.4) is 0 Å². The summed E-state index contributed by atoms with van der Waals surface area (Å²) in [5.74, 6) is -0.306. The molecule has 6 heteroatoms. The number of fused-ring (bicyclic) bond motifs is 1. The van der Waals surface area contributed by atoms with E-state index in [0.29, 0.717) is 17.9 Å². The maximum absolute atomic E-state index is 13.6. The second-order valence-corrected chi connectivity index (χ2v) is 8.30. The fourth-order valence-electron chi connectivity index (χ4n) is 2.62. The fraction of sp³-hybridized carbons (Fsp3) is 0.278. The maximum Gasteiger partial charge on any atom is 0.235 e. The van der Waals surface area contributed by atoms with Gasteiger partial charge in [-0.2, -0.15) is 0 Å². The largest absolute Gasteiger partial charge is 0.284 e. The minimum absolute atomic E-state index is 0.306. The smallest absolute Gasteiger partial charge is 0.235 e. The fourth-order valence-corrected chi connectivity index (χ4v) is 3.31. The molecule has 0 saturated heterocycles. The topological polar surface area (TPSA) is 58.5 Å². The second-order valence-electron chi connectivity index (χ2n) is 6.06. The quantitative estimate of drug-likeness (QED) is 0.923. The summed E-state index contributed by atoms with van der Waals surface area (Å²) in [6, 6.07) is 11.8. The van der Waals surface area contributed by atoms with Gasteiger partial charge in [0.05, 0.1) is 11.0 Å². The van der Waals surface area contributed by atoms with Crippen molar-refractivity contribution < 1.29 is 12.8 Å². The van der Waals surface area contributed by atoms with E-state index in [1.165, 1.54) is 12.1 Å². The molecule has 0 radical (unpaired) electrons. The first-order valence-electron chi connectivity index (χ1n) is 7.82. The number of aliphatic imine (C=N–C) groups is 1. The van der Waals surface area contributed by atoms with E-state index in [1.807, 2.05) is 6.07 Å². The highest BCUT2D eigenvalue weighted by Gasteiger charge is 2.19. The number of hydrogen-bond donors (Lipinski definition) is 1. The lowest BCUT2D eigenvalue weighted by Gasteiger charge is -2.18. The van der Waals surface area contributed by atoms with Crippen LogP contribution in [0.2, 0.25) is 0 Å². The summed E-state index contributed by atoms with van der Waals surface area (Å²) >= 11 is 0. The van der Waals surface area contributed by atoms with Crippen LogP contribution in [0.1, 0.15) is 30.5 Å². The van der Waals surface area contributed by atoms with Gasteiger partial charge in [0.25, 0.3) is 0 Å². The van der Waals surface area contributed by atoms with Gasteiger partial charge in [-0.15, -0.1) is 0 Å². The van der Waals surface area contributed by atoms with Gasteiger partial charge in [-0.1, -0.05) is 18.2 Å². The van der Waals surface area contributed by atoms with E-state index >= 15 is 0 Å². The van der Waals surface area contributed by atoms with E-state index in [0.717, 1.165) is 23.1 Å². The van der Waals surface area contributed by atoms with Crippen LogP contribution in [0.5, 0.6) is 0 Å². The number of hydrogen-bond acceptors (Lipinski definition) is 3. The molecule has 0 aliphatic carbocycles. The first kappa shape index (κ1) is 16.6. The monoisotopic (exact) mass is 346 g/mol. The number of halogens is 1. The molecule has 3 rings (SSSR count). The van der Waals surface area contributed by atoms with Crippen LogP contribution in [0, 0.1) is 5.82 Å². The standard InChI is InChI=1S/C18H19FN2O2S/c1-12(2)24(22,23)21-16-5-3-4-14(10-16)18-17-11-15(19)7-6-13(17)8-9-20-18/h3-7,10-12,21H,8-9H2,1-2H3. The van der Waals surface area contributed by atoms with Crippen LogP contribution in [0.15, 0.2) is 47.5 Å². The van der Waals surface area contributed by atoms with E-state index < -0.39 is 15.3 Å². The normalized spacial score (nSPS) is 14.2. The summed E-state index contributed by atoms with van der Waals surface area (Å²) in [5, 5.41) is -0.525. The van der Waals surface area contributed by atoms with Crippen molar-refractivity contribution in [1.29, 1.82) is 0 Å². The molecule has 0 bridgehead atoms. The number of rotatable bonds is 4. The first-order chi connectivity index (χ1) is 11.4. The lowest BCUT2D eigenvalue weighted by molar-refractivity contribution is 0.593. The highest BCUT2D eigenvalue weighted by molar-refractivity contribution is 7.93. The molecule has 0 amide bonds. The summed E-state index contributed by atoms with van der Waals surface area (Å²) in [6.07, 6.45) is 0.777. The molecule has 4 nitrogen and oxygen atoms in total. The Balaban J connectivity index is 1.99. The Hall–Kier alpha value is -2.21. The van der Waals surface area contributed by atoms with Gasteiger partial charge >= 0.3 is 0 Å². The van der Waals surface area contributed by atoms with Crippen molar-refractivity contribution >= 4 is 21.4 Å². The van der Waals surface area contributed by atoms with Gasteiger partial charge in [0.15, 0.2) is 0 Å². The lowest BCUT2D eigenvalue weighted by Crippen LogP contribution is -2.22. The highest BCUT2D eigenvalue weighted by atomic mass is 32.2. The number of nitrogens with zero attached hydrogens (tertiary/aromatic N) is 1. The predicted octanol–water partition coefficient (Wildman–Crippen LogP) is 3.37. The molecule has 0 unspecified atom stereocenters. The van der Waals surface area contributed by atoms with Gasteiger partial charge in [-0.3, -0.25) is 9.71 Å².